The Bertz CT molecular complexity index is 781. The first kappa shape index (κ1) is 15.8. The number of benzene rings is 1. The summed E-state index contributed by atoms with van der Waals surface area (Å²) in [5.74, 6) is 0.841. The Hall–Kier alpha value is -1.06. The van der Waals surface area contributed by atoms with Crippen LogP contribution in [0.5, 0.6) is 0 Å². The number of imidazole rings is 1. The second-order valence-electron chi connectivity index (χ2n) is 4.96. The fourth-order valence-corrected chi connectivity index (χ4v) is 6.08. The van der Waals surface area contributed by atoms with Crippen molar-refractivity contribution in [2.75, 3.05) is 5.75 Å². The second-order valence-corrected chi connectivity index (χ2v) is 8.56. The Labute approximate surface area is 147 Å². The zero-order valence-electron chi connectivity index (χ0n) is 11.6. The van der Waals surface area contributed by atoms with Gasteiger partial charge in [0.05, 0.1) is 15.3 Å². The predicted molar refractivity (Wildman–Crippen MR) is 94.9 cm³/mol. The number of hydrogen-bond donors (Lipinski definition) is 0. The third-order valence-electron chi connectivity index (χ3n) is 3.36. The molecule has 1 fully saturated rings. The van der Waals surface area contributed by atoms with Gasteiger partial charge in [0.25, 0.3) is 0 Å². The highest BCUT2D eigenvalue weighted by molar-refractivity contribution is 8.26. The first-order valence-corrected chi connectivity index (χ1v) is 8.99. The molecule has 3 rings (SSSR count). The first-order chi connectivity index (χ1) is 10.5. The number of nitriles is 1. The monoisotopic (exact) mass is 367 g/mol. The van der Waals surface area contributed by atoms with Crippen molar-refractivity contribution >= 4 is 52.4 Å². The van der Waals surface area contributed by atoms with Gasteiger partial charge in [-0.15, -0.1) is 23.5 Å². The molecule has 3 nitrogen and oxygen atoms in total. The lowest BCUT2D eigenvalue weighted by atomic mass is 10.0. The van der Waals surface area contributed by atoms with Gasteiger partial charge < -0.3 is 0 Å². The SMILES string of the molecule is C[C@]1(c2ccc(Cl)cc2Cl)CS/C(=C(/C#N)n2ccnc2)S1. The molecule has 1 aliphatic heterocycles. The van der Waals surface area contributed by atoms with E-state index >= 15 is 0 Å². The van der Waals surface area contributed by atoms with Gasteiger partial charge in [-0.3, -0.25) is 4.57 Å². The smallest absolute Gasteiger partial charge is 0.145 e. The Kier molecular flexibility index (Phi) is 4.47. The van der Waals surface area contributed by atoms with E-state index in [0.29, 0.717) is 15.7 Å². The molecule has 0 amide bonds. The van der Waals surface area contributed by atoms with E-state index in [1.165, 1.54) is 0 Å². The molecule has 112 valence electrons. The molecule has 1 aromatic heterocycles. The fourth-order valence-electron chi connectivity index (χ4n) is 2.23. The van der Waals surface area contributed by atoms with Crippen LogP contribution in [0.2, 0.25) is 10.0 Å². The summed E-state index contributed by atoms with van der Waals surface area (Å²) in [6.45, 7) is 2.13. The summed E-state index contributed by atoms with van der Waals surface area (Å²) in [7, 11) is 0. The average molecular weight is 368 g/mol. The van der Waals surface area contributed by atoms with Crippen LogP contribution in [-0.2, 0) is 4.75 Å². The highest BCUT2D eigenvalue weighted by Crippen LogP contribution is 2.57. The molecule has 0 spiro atoms. The largest absolute Gasteiger partial charge is 0.296 e. The molecule has 0 N–H and O–H groups in total. The van der Waals surface area contributed by atoms with Gasteiger partial charge in [0.15, 0.2) is 0 Å². The number of halogens is 2. The van der Waals surface area contributed by atoms with Gasteiger partial charge in [-0.05, 0) is 24.6 Å². The minimum atomic E-state index is -0.190. The number of rotatable bonds is 2. The van der Waals surface area contributed by atoms with E-state index in [1.807, 2.05) is 12.1 Å². The summed E-state index contributed by atoms with van der Waals surface area (Å²) in [4.78, 5) is 4.00. The van der Waals surface area contributed by atoms with E-state index < -0.39 is 0 Å². The molecule has 0 saturated carbocycles. The number of hydrogen-bond acceptors (Lipinski definition) is 4. The topological polar surface area (TPSA) is 41.6 Å². The average Bonchev–Trinajstić information content (AvgIpc) is 3.11. The van der Waals surface area contributed by atoms with Gasteiger partial charge in [-0.2, -0.15) is 5.26 Å². The maximum atomic E-state index is 9.46. The van der Waals surface area contributed by atoms with Gasteiger partial charge in [-0.25, -0.2) is 4.98 Å². The summed E-state index contributed by atoms with van der Waals surface area (Å²) >= 11 is 15.7. The van der Waals surface area contributed by atoms with Gasteiger partial charge in [0, 0.05) is 28.2 Å². The quantitative estimate of drug-likeness (QED) is 0.680. The van der Waals surface area contributed by atoms with E-state index in [9.17, 15) is 5.26 Å². The Morgan fingerprint density at radius 2 is 2.27 bits per heavy atom. The molecular weight excluding hydrogens is 357 g/mol. The van der Waals surface area contributed by atoms with Crippen LogP contribution < -0.4 is 0 Å². The van der Waals surface area contributed by atoms with E-state index in [2.05, 4.69) is 18.0 Å². The van der Waals surface area contributed by atoms with Crippen molar-refractivity contribution in [3.8, 4) is 6.07 Å². The van der Waals surface area contributed by atoms with Gasteiger partial charge in [-0.1, -0.05) is 29.3 Å². The summed E-state index contributed by atoms with van der Waals surface area (Å²) in [6, 6.07) is 7.84. The Balaban J connectivity index is 1.98. The maximum absolute atomic E-state index is 9.46. The van der Waals surface area contributed by atoms with Gasteiger partial charge in [0.1, 0.15) is 11.8 Å². The van der Waals surface area contributed by atoms with Crippen LogP contribution >= 0.6 is 46.7 Å². The summed E-state index contributed by atoms with van der Waals surface area (Å²) in [5.41, 5.74) is 1.63. The summed E-state index contributed by atoms with van der Waals surface area (Å²) in [6.07, 6.45) is 5.08. The van der Waals surface area contributed by atoms with Crippen LogP contribution in [-0.4, -0.2) is 15.3 Å². The minimum Gasteiger partial charge on any atom is -0.296 e. The summed E-state index contributed by atoms with van der Waals surface area (Å²) in [5, 5.41) is 10.7. The Morgan fingerprint density at radius 1 is 1.45 bits per heavy atom. The van der Waals surface area contributed by atoms with Crippen LogP contribution in [0.25, 0.3) is 5.70 Å². The van der Waals surface area contributed by atoms with Crippen molar-refractivity contribution in [2.45, 2.75) is 11.7 Å². The molecule has 0 unspecified atom stereocenters. The molecule has 1 aliphatic rings. The normalized spacial score (nSPS) is 23.4. The number of allylic oxidation sites excluding steroid dienone is 1. The van der Waals surface area contributed by atoms with Crippen LogP contribution in [0.1, 0.15) is 12.5 Å². The molecule has 22 heavy (non-hydrogen) atoms. The zero-order chi connectivity index (χ0) is 15.7. The van der Waals surface area contributed by atoms with Crippen LogP contribution in [0.4, 0.5) is 0 Å². The van der Waals surface area contributed by atoms with E-state index in [-0.39, 0.29) is 4.75 Å². The third-order valence-corrected chi connectivity index (χ3v) is 7.06. The minimum absolute atomic E-state index is 0.190. The predicted octanol–water partition coefficient (Wildman–Crippen LogP) is 5.23. The molecule has 0 aliphatic carbocycles. The molecular formula is C15H11Cl2N3S2. The molecule has 1 aromatic carbocycles. The van der Waals surface area contributed by atoms with Crippen molar-refractivity contribution in [3.05, 3.63) is 56.8 Å². The molecule has 2 heterocycles. The van der Waals surface area contributed by atoms with Crippen molar-refractivity contribution in [1.82, 2.24) is 9.55 Å². The molecule has 1 atom stereocenters. The van der Waals surface area contributed by atoms with Gasteiger partial charge in [0.2, 0.25) is 0 Å². The van der Waals surface area contributed by atoms with E-state index in [4.69, 9.17) is 23.2 Å². The van der Waals surface area contributed by atoms with Crippen molar-refractivity contribution in [1.29, 1.82) is 5.26 Å². The molecule has 0 bridgehead atoms. The number of aromatic nitrogens is 2. The van der Waals surface area contributed by atoms with Crippen molar-refractivity contribution in [3.63, 3.8) is 0 Å². The maximum Gasteiger partial charge on any atom is 0.145 e. The highest BCUT2D eigenvalue weighted by Gasteiger charge is 2.38. The molecule has 2 aromatic rings. The number of nitrogens with zero attached hydrogens (tertiary/aromatic N) is 3. The van der Waals surface area contributed by atoms with Crippen LogP contribution in [0.15, 0.2) is 41.2 Å². The van der Waals surface area contributed by atoms with Crippen molar-refractivity contribution < 1.29 is 0 Å². The lowest BCUT2D eigenvalue weighted by Crippen LogP contribution is -2.16. The summed E-state index contributed by atoms with van der Waals surface area (Å²) < 4.78 is 2.53. The molecule has 7 heteroatoms. The Morgan fingerprint density at radius 3 is 2.91 bits per heavy atom. The zero-order valence-corrected chi connectivity index (χ0v) is 14.7. The van der Waals surface area contributed by atoms with E-state index in [1.54, 1.807) is 52.9 Å². The van der Waals surface area contributed by atoms with Crippen LogP contribution in [0, 0.1) is 11.3 Å². The standard InChI is InChI=1S/C15H11Cl2N3S2/c1-15(11-3-2-10(16)6-12(11)17)8-21-14(22-15)13(7-18)20-5-4-19-9-20/h2-6,9H,8H2,1H3/b14-13+/t15-/m1/s1. The highest BCUT2D eigenvalue weighted by atomic mass is 35.5. The molecule has 1 saturated heterocycles. The van der Waals surface area contributed by atoms with Gasteiger partial charge >= 0.3 is 0 Å². The number of thioether (sulfide) groups is 2. The van der Waals surface area contributed by atoms with E-state index in [0.717, 1.165) is 15.6 Å². The third kappa shape index (κ3) is 2.89. The lowest BCUT2D eigenvalue weighted by Gasteiger charge is -2.23. The fraction of sp³-hybridized carbons (Fsp3) is 0.200. The van der Waals surface area contributed by atoms with Crippen molar-refractivity contribution in [2.24, 2.45) is 0 Å². The lowest BCUT2D eigenvalue weighted by molar-refractivity contribution is 0.807. The first-order valence-electron chi connectivity index (χ1n) is 6.43. The second kappa shape index (κ2) is 6.21. The molecule has 0 radical (unpaired) electrons. The van der Waals surface area contributed by atoms with Crippen LogP contribution in [0.3, 0.4) is 0 Å².